The first-order chi connectivity index (χ1) is 12.5. The van der Waals surface area contributed by atoms with Gasteiger partial charge >= 0.3 is 0 Å². The van der Waals surface area contributed by atoms with Gasteiger partial charge in [0.2, 0.25) is 0 Å². The fourth-order valence-corrected chi connectivity index (χ4v) is 2.49. The molecule has 2 aromatic rings. The average Bonchev–Trinajstić information content (AvgIpc) is 2.90. The first kappa shape index (κ1) is 17.5. The van der Waals surface area contributed by atoms with Crippen molar-refractivity contribution in [3.05, 3.63) is 71.2 Å². The summed E-state index contributed by atoms with van der Waals surface area (Å²) in [5.41, 5.74) is 0.842. The van der Waals surface area contributed by atoms with E-state index < -0.39 is 23.4 Å². The number of likely N-dealkylation sites (N-methyl/N-ethyl adjacent to an activating group) is 1. The number of carbonyl (C=O) groups is 2. The van der Waals surface area contributed by atoms with E-state index in [2.05, 4.69) is 5.32 Å². The third kappa shape index (κ3) is 3.66. The fourth-order valence-electron chi connectivity index (χ4n) is 2.49. The van der Waals surface area contributed by atoms with Gasteiger partial charge in [-0.05, 0) is 29.8 Å². The van der Waals surface area contributed by atoms with Gasteiger partial charge in [-0.3, -0.25) is 9.59 Å². The van der Waals surface area contributed by atoms with Gasteiger partial charge in [-0.2, -0.15) is 0 Å². The minimum atomic E-state index is -0.565. The van der Waals surface area contributed by atoms with Crippen LogP contribution in [0.15, 0.2) is 59.9 Å². The summed E-state index contributed by atoms with van der Waals surface area (Å²) in [5, 5.41) is 12.3. The number of para-hydroxylation sites is 1. The molecule has 7 heteroatoms. The molecule has 0 spiro atoms. The van der Waals surface area contributed by atoms with E-state index in [9.17, 15) is 19.1 Å². The Morgan fingerprint density at radius 1 is 1.23 bits per heavy atom. The Labute approximate surface area is 149 Å². The van der Waals surface area contributed by atoms with Crippen LogP contribution in [0, 0.1) is 5.82 Å². The molecule has 0 atom stereocenters. The number of nitrogens with zero attached hydrogens (tertiary/aromatic N) is 1. The Hall–Kier alpha value is -3.35. The van der Waals surface area contributed by atoms with E-state index in [1.165, 1.54) is 24.1 Å². The van der Waals surface area contributed by atoms with Gasteiger partial charge in [0.05, 0.1) is 12.1 Å². The highest BCUT2D eigenvalue weighted by molar-refractivity contribution is 6.06. The molecule has 1 aliphatic heterocycles. The molecule has 3 rings (SSSR count). The van der Waals surface area contributed by atoms with E-state index in [4.69, 9.17) is 4.74 Å². The van der Waals surface area contributed by atoms with Crippen LogP contribution < -0.4 is 10.1 Å². The van der Waals surface area contributed by atoms with E-state index in [1.54, 1.807) is 36.4 Å². The van der Waals surface area contributed by atoms with Crippen LogP contribution in [0.1, 0.15) is 5.56 Å². The van der Waals surface area contributed by atoms with Crippen molar-refractivity contribution in [2.45, 2.75) is 6.54 Å². The van der Waals surface area contributed by atoms with Gasteiger partial charge < -0.3 is 20.1 Å². The maximum atomic E-state index is 13.6. The quantitative estimate of drug-likeness (QED) is 0.863. The molecule has 2 aromatic carbocycles. The van der Waals surface area contributed by atoms with Crippen LogP contribution >= 0.6 is 0 Å². The number of nitrogens with one attached hydrogen (secondary N) is 1. The Morgan fingerprint density at radius 2 is 1.92 bits per heavy atom. The van der Waals surface area contributed by atoms with Crippen LogP contribution in [0.5, 0.6) is 11.5 Å². The number of halogens is 1. The summed E-state index contributed by atoms with van der Waals surface area (Å²) in [4.78, 5) is 24.9. The van der Waals surface area contributed by atoms with E-state index in [1.807, 2.05) is 0 Å². The summed E-state index contributed by atoms with van der Waals surface area (Å²) in [5.74, 6) is -1.43. The molecule has 1 heterocycles. The lowest BCUT2D eigenvalue weighted by atomic mass is 10.2. The number of aliphatic hydroxyl groups excluding tert-OH is 1. The van der Waals surface area contributed by atoms with Crippen LogP contribution in [-0.2, 0) is 16.1 Å². The predicted molar refractivity (Wildman–Crippen MR) is 92.1 cm³/mol. The predicted octanol–water partition coefficient (Wildman–Crippen LogP) is 2.52. The molecule has 26 heavy (non-hydrogen) atoms. The van der Waals surface area contributed by atoms with E-state index in [-0.39, 0.29) is 24.4 Å². The molecular formula is C19H17FN2O4. The molecule has 0 radical (unpaired) electrons. The largest absolute Gasteiger partial charge is 0.503 e. The molecule has 134 valence electrons. The highest BCUT2D eigenvalue weighted by Crippen LogP contribution is 2.24. The van der Waals surface area contributed by atoms with Crippen LogP contribution in [0.25, 0.3) is 0 Å². The number of ether oxygens (including phenoxy) is 1. The highest BCUT2D eigenvalue weighted by atomic mass is 19.1. The van der Waals surface area contributed by atoms with E-state index in [0.29, 0.717) is 5.75 Å². The van der Waals surface area contributed by atoms with Crippen molar-refractivity contribution < 1.29 is 23.8 Å². The maximum absolute atomic E-state index is 13.6. The van der Waals surface area contributed by atoms with Gasteiger partial charge in [0.15, 0.2) is 17.3 Å². The molecule has 1 aliphatic rings. The number of aliphatic hydroxyl groups is 1. The second-order valence-corrected chi connectivity index (χ2v) is 5.85. The van der Waals surface area contributed by atoms with Crippen LogP contribution in [0.4, 0.5) is 4.39 Å². The standard InChI is InChI=1S/C19H17FN2O4/c1-22-11-14(17(23)19(22)25)18(24)21-10-12-6-8-13(9-7-12)26-16-5-3-2-4-15(16)20/h2-9,23H,10-11H2,1H3,(H,21,24). The molecule has 2 N–H and O–H groups in total. The first-order valence-electron chi connectivity index (χ1n) is 7.93. The Bertz CT molecular complexity index is 877. The lowest BCUT2D eigenvalue weighted by Gasteiger charge is -2.09. The van der Waals surface area contributed by atoms with Gasteiger partial charge in [-0.15, -0.1) is 0 Å². The van der Waals surface area contributed by atoms with Gasteiger partial charge in [0.25, 0.3) is 11.8 Å². The van der Waals surface area contributed by atoms with Crippen LogP contribution in [0.3, 0.4) is 0 Å². The number of hydrogen-bond donors (Lipinski definition) is 2. The van der Waals surface area contributed by atoms with Crippen LogP contribution in [-0.4, -0.2) is 35.4 Å². The zero-order valence-corrected chi connectivity index (χ0v) is 14.0. The summed E-state index contributed by atoms with van der Waals surface area (Å²) in [6, 6.07) is 12.9. The number of carbonyl (C=O) groups excluding carboxylic acids is 2. The van der Waals surface area contributed by atoms with Crippen molar-refractivity contribution in [3.8, 4) is 11.5 Å². The monoisotopic (exact) mass is 356 g/mol. The van der Waals surface area contributed by atoms with Crippen molar-refractivity contribution in [3.63, 3.8) is 0 Å². The molecule has 0 saturated heterocycles. The molecule has 0 aromatic heterocycles. The van der Waals surface area contributed by atoms with Crippen molar-refractivity contribution >= 4 is 11.8 Å². The Morgan fingerprint density at radius 3 is 2.54 bits per heavy atom. The molecular weight excluding hydrogens is 339 g/mol. The Balaban J connectivity index is 1.59. The maximum Gasteiger partial charge on any atom is 0.289 e. The zero-order valence-electron chi connectivity index (χ0n) is 14.0. The van der Waals surface area contributed by atoms with Crippen LogP contribution in [0.2, 0.25) is 0 Å². The summed E-state index contributed by atoms with van der Waals surface area (Å²) in [6.07, 6.45) is 0. The summed E-state index contributed by atoms with van der Waals surface area (Å²) >= 11 is 0. The van der Waals surface area contributed by atoms with E-state index >= 15 is 0 Å². The Kier molecular flexibility index (Phi) is 4.88. The fraction of sp³-hybridized carbons (Fsp3) is 0.158. The molecule has 0 unspecified atom stereocenters. The highest BCUT2D eigenvalue weighted by Gasteiger charge is 2.31. The lowest BCUT2D eigenvalue weighted by molar-refractivity contribution is -0.126. The van der Waals surface area contributed by atoms with Crippen molar-refractivity contribution in [2.75, 3.05) is 13.6 Å². The molecule has 0 bridgehead atoms. The number of hydrogen-bond acceptors (Lipinski definition) is 4. The number of amides is 2. The summed E-state index contributed by atoms with van der Waals surface area (Å²) < 4.78 is 19.0. The molecule has 0 saturated carbocycles. The number of rotatable bonds is 5. The zero-order chi connectivity index (χ0) is 18.7. The first-order valence-corrected chi connectivity index (χ1v) is 7.93. The smallest absolute Gasteiger partial charge is 0.289 e. The molecule has 6 nitrogen and oxygen atoms in total. The van der Waals surface area contributed by atoms with E-state index in [0.717, 1.165) is 5.56 Å². The SMILES string of the molecule is CN1CC(C(=O)NCc2ccc(Oc3ccccc3F)cc2)=C(O)C1=O. The lowest BCUT2D eigenvalue weighted by Crippen LogP contribution is -2.27. The summed E-state index contributed by atoms with van der Waals surface area (Å²) in [7, 11) is 1.51. The number of benzene rings is 2. The van der Waals surface area contributed by atoms with Gasteiger partial charge in [0.1, 0.15) is 5.75 Å². The minimum absolute atomic E-state index is 0.0528. The normalized spacial score (nSPS) is 13.9. The van der Waals surface area contributed by atoms with Gasteiger partial charge in [0, 0.05) is 13.6 Å². The second-order valence-electron chi connectivity index (χ2n) is 5.85. The third-order valence-corrected chi connectivity index (χ3v) is 3.95. The molecule has 0 aliphatic carbocycles. The second kappa shape index (κ2) is 7.26. The summed E-state index contributed by atoms with van der Waals surface area (Å²) in [6.45, 7) is 0.291. The topological polar surface area (TPSA) is 78.9 Å². The van der Waals surface area contributed by atoms with Gasteiger partial charge in [-0.1, -0.05) is 24.3 Å². The molecule has 0 fully saturated rings. The average molecular weight is 356 g/mol. The van der Waals surface area contributed by atoms with Crippen molar-refractivity contribution in [1.29, 1.82) is 0 Å². The van der Waals surface area contributed by atoms with Gasteiger partial charge in [-0.25, -0.2) is 4.39 Å². The van der Waals surface area contributed by atoms with Crippen molar-refractivity contribution in [2.24, 2.45) is 0 Å². The minimum Gasteiger partial charge on any atom is -0.503 e. The van der Waals surface area contributed by atoms with Crippen molar-refractivity contribution in [1.82, 2.24) is 10.2 Å². The third-order valence-electron chi connectivity index (χ3n) is 3.95. The molecule has 2 amide bonds.